The Bertz CT molecular complexity index is 1550. The third-order valence-corrected chi connectivity index (χ3v) is 7.06. The number of carbonyl (C=O) groups is 2. The highest BCUT2D eigenvalue weighted by molar-refractivity contribution is 6.00. The number of anilines is 1. The molecule has 10 nitrogen and oxygen atoms in total. The number of fused-ring (bicyclic) bond motifs is 1. The standard InChI is InChI=1S/C26H26F3N7O3/c1-4-22(37)34-11-15(8-16(34)12-39-3)36-25(31-2)23(24(30)38)18(33-36)6-5-14-7-19-20(9-17(14)27)35(13-32-19)21-10-26(21,28)29/h4,7,9,13,15-16,21,31H,1,8,10-12H2,2-3H3,(H2,30,38)/t15-,16+,21-/m0/s1. The van der Waals surface area contributed by atoms with Crippen molar-refractivity contribution in [2.24, 2.45) is 5.73 Å². The number of imidazole rings is 1. The van der Waals surface area contributed by atoms with E-state index >= 15 is 0 Å². The van der Waals surface area contributed by atoms with E-state index in [4.69, 9.17) is 10.5 Å². The number of likely N-dealkylation sites (tertiary alicyclic amines) is 1. The highest BCUT2D eigenvalue weighted by Crippen LogP contribution is 2.53. The van der Waals surface area contributed by atoms with Crippen LogP contribution in [0.2, 0.25) is 0 Å². The Morgan fingerprint density at radius 1 is 1.36 bits per heavy atom. The molecule has 0 spiro atoms. The van der Waals surface area contributed by atoms with Gasteiger partial charge in [-0.05, 0) is 24.5 Å². The average Bonchev–Trinajstić information content (AvgIpc) is 3.28. The van der Waals surface area contributed by atoms with Gasteiger partial charge in [-0.2, -0.15) is 5.10 Å². The monoisotopic (exact) mass is 541 g/mol. The van der Waals surface area contributed by atoms with Gasteiger partial charge in [-0.25, -0.2) is 22.8 Å². The molecule has 0 unspecified atom stereocenters. The van der Waals surface area contributed by atoms with E-state index in [2.05, 4.69) is 33.8 Å². The molecule has 39 heavy (non-hydrogen) atoms. The summed E-state index contributed by atoms with van der Waals surface area (Å²) in [6.07, 6.45) is 2.66. The number of rotatable bonds is 7. The molecule has 2 amide bonds. The Balaban J connectivity index is 1.51. The molecule has 2 fully saturated rings. The molecule has 2 aromatic heterocycles. The molecule has 2 aliphatic rings. The van der Waals surface area contributed by atoms with E-state index in [1.807, 2.05) is 0 Å². The van der Waals surface area contributed by atoms with E-state index in [1.165, 1.54) is 30.1 Å². The number of hydrogen-bond donors (Lipinski definition) is 2. The van der Waals surface area contributed by atoms with E-state index < -0.39 is 23.7 Å². The fourth-order valence-electron chi connectivity index (χ4n) is 5.09. The van der Waals surface area contributed by atoms with Crippen molar-refractivity contribution in [1.82, 2.24) is 24.2 Å². The summed E-state index contributed by atoms with van der Waals surface area (Å²) in [6.45, 7) is 4.14. The molecule has 3 N–H and O–H groups in total. The highest BCUT2D eigenvalue weighted by Gasteiger charge is 2.58. The predicted octanol–water partition coefficient (Wildman–Crippen LogP) is 2.47. The minimum atomic E-state index is -2.84. The summed E-state index contributed by atoms with van der Waals surface area (Å²) in [6, 6.07) is 0.870. The number of nitrogens with one attached hydrogen (secondary N) is 1. The second-order valence-corrected chi connectivity index (χ2v) is 9.53. The van der Waals surface area contributed by atoms with Crippen LogP contribution in [0.3, 0.4) is 0 Å². The van der Waals surface area contributed by atoms with Gasteiger partial charge >= 0.3 is 0 Å². The van der Waals surface area contributed by atoms with Crippen LogP contribution < -0.4 is 11.1 Å². The largest absolute Gasteiger partial charge is 0.383 e. The van der Waals surface area contributed by atoms with Crippen molar-refractivity contribution in [3.63, 3.8) is 0 Å². The minimum Gasteiger partial charge on any atom is -0.383 e. The molecule has 3 atom stereocenters. The van der Waals surface area contributed by atoms with Crippen molar-refractivity contribution >= 4 is 28.7 Å². The van der Waals surface area contributed by atoms with Crippen molar-refractivity contribution in [1.29, 1.82) is 0 Å². The summed E-state index contributed by atoms with van der Waals surface area (Å²) >= 11 is 0. The molecule has 204 valence electrons. The Morgan fingerprint density at radius 3 is 2.72 bits per heavy atom. The number of halogens is 3. The number of nitrogens with zero attached hydrogens (tertiary/aromatic N) is 5. The molecule has 1 aliphatic carbocycles. The number of methoxy groups -OCH3 is 1. The Morgan fingerprint density at radius 2 is 2.10 bits per heavy atom. The fourth-order valence-corrected chi connectivity index (χ4v) is 5.09. The van der Waals surface area contributed by atoms with Gasteiger partial charge in [0.25, 0.3) is 11.8 Å². The van der Waals surface area contributed by atoms with Crippen LogP contribution in [0, 0.1) is 17.7 Å². The zero-order chi connectivity index (χ0) is 28.1. The Labute approximate surface area is 221 Å². The van der Waals surface area contributed by atoms with Crippen molar-refractivity contribution in [2.45, 2.75) is 36.9 Å². The predicted molar refractivity (Wildman–Crippen MR) is 136 cm³/mol. The summed E-state index contributed by atoms with van der Waals surface area (Å²) in [5.41, 5.74) is 6.20. The lowest BCUT2D eigenvalue weighted by Crippen LogP contribution is -2.37. The lowest BCUT2D eigenvalue weighted by atomic mass is 10.1. The molecule has 0 radical (unpaired) electrons. The maximum absolute atomic E-state index is 15.0. The molecule has 0 bridgehead atoms. The van der Waals surface area contributed by atoms with E-state index in [9.17, 15) is 22.8 Å². The van der Waals surface area contributed by atoms with Gasteiger partial charge in [0.1, 0.15) is 23.2 Å². The minimum absolute atomic E-state index is 0.0171. The summed E-state index contributed by atoms with van der Waals surface area (Å²) in [5, 5.41) is 7.44. The van der Waals surface area contributed by atoms with E-state index in [1.54, 1.807) is 16.6 Å². The van der Waals surface area contributed by atoms with Crippen LogP contribution >= 0.6 is 0 Å². The van der Waals surface area contributed by atoms with Gasteiger partial charge < -0.3 is 25.3 Å². The van der Waals surface area contributed by atoms with E-state index in [0.29, 0.717) is 24.4 Å². The molecule has 5 rings (SSSR count). The first-order valence-corrected chi connectivity index (χ1v) is 12.2. The van der Waals surface area contributed by atoms with Crippen molar-refractivity contribution in [3.05, 3.63) is 53.8 Å². The number of ether oxygens (including phenoxy) is 1. The molecular weight excluding hydrogens is 515 g/mol. The van der Waals surface area contributed by atoms with Crippen LogP contribution in [0.1, 0.15) is 46.5 Å². The van der Waals surface area contributed by atoms with Crippen molar-refractivity contribution in [3.8, 4) is 11.8 Å². The molecular formula is C26H26F3N7O3. The number of nitrogens with two attached hydrogens (primary N) is 1. The summed E-state index contributed by atoms with van der Waals surface area (Å²) in [5.74, 6) is 1.10. The van der Waals surface area contributed by atoms with Crippen LogP contribution in [0.25, 0.3) is 11.0 Å². The van der Waals surface area contributed by atoms with Crippen LogP contribution in [0.4, 0.5) is 19.0 Å². The second-order valence-electron chi connectivity index (χ2n) is 9.53. The topological polar surface area (TPSA) is 120 Å². The molecule has 3 heterocycles. The quantitative estimate of drug-likeness (QED) is 0.350. The van der Waals surface area contributed by atoms with Gasteiger partial charge in [-0.3, -0.25) is 9.59 Å². The Hall–Kier alpha value is -4.31. The van der Waals surface area contributed by atoms with Crippen LogP contribution in [-0.2, 0) is 9.53 Å². The fraction of sp³-hybridized carbons (Fsp3) is 0.385. The molecule has 1 aliphatic heterocycles. The summed E-state index contributed by atoms with van der Waals surface area (Å²) < 4.78 is 50.1. The molecule has 1 aromatic carbocycles. The zero-order valence-corrected chi connectivity index (χ0v) is 21.2. The molecule has 1 saturated heterocycles. The van der Waals surface area contributed by atoms with E-state index in [-0.39, 0.29) is 53.3 Å². The lowest BCUT2D eigenvalue weighted by molar-refractivity contribution is -0.127. The smallest absolute Gasteiger partial charge is 0.270 e. The third-order valence-electron chi connectivity index (χ3n) is 7.06. The third kappa shape index (κ3) is 4.61. The van der Waals surface area contributed by atoms with Crippen molar-refractivity contribution < 1.29 is 27.5 Å². The van der Waals surface area contributed by atoms with Gasteiger partial charge in [0, 0.05) is 33.2 Å². The van der Waals surface area contributed by atoms with E-state index in [0.717, 1.165) is 6.07 Å². The Kier molecular flexibility index (Phi) is 6.59. The zero-order valence-electron chi connectivity index (χ0n) is 21.2. The van der Waals surface area contributed by atoms with Gasteiger partial charge in [0.2, 0.25) is 5.91 Å². The molecule has 1 saturated carbocycles. The summed E-state index contributed by atoms with van der Waals surface area (Å²) in [4.78, 5) is 30.6. The van der Waals surface area contributed by atoms with Gasteiger partial charge in [0.15, 0.2) is 5.69 Å². The number of benzene rings is 1. The first kappa shape index (κ1) is 26.3. The highest BCUT2D eigenvalue weighted by atomic mass is 19.3. The van der Waals surface area contributed by atoms with Gasteiger partial charge in [0.05, 0.1) is 41.6 Å². The number of aromatic nitrogens is 4. The van der Waals surface area contributed by atoms with Gasteiger partial charge in [-0.15, -0.1) is 0 Å². The number of amides is 2. The first-order chi connectivity index (χ1) is 18.6. The number of hydrogen-bond acceptors (Lipinski definition) is 6. The number of primary amides is 1. The van der Waals surface area contributed by atoms with Crippen molar-refractivity contribution in [2.75, 3.05) is 32.6 Å². The SMILES string of the molecule is C=CC(=O)N1C[C@@H](n2nc(C#Cc3cc4ncn([C@H]5CC5(F)F)c4cc3F)c(C(N)=O)c2NC)C[C@@H]1COC. The molecule has 3 aromatic rings. The first-order valence-electron chi connectivity index (χ1n) is 12.2. The molecule has 13 heteroatoms. The summed E-state index contributed by atoms with van der Waals surface area (Å²) in [7, 11) is 3.14. The van der Waals surface area contributed by atoms with Crippen LogP contribution in [-0.4, -0.2) is 75.3 Å². The lowest BCUT2D eigenvalue weighted by Gasteiger charge is -2.22. The second kappa shape index (κ2) is 9.77. The number of alkyl halides is 2. The average molecular weight is 542 g/mol. The van der Waals surface area contributed by atoms with Gasteiger partial charge in [-0.1, -0.05) is 12.5 Å². The van der Waals surface area contributed by atoms with Crippen LogP contribution in [0.5, 0.6) is 0 Å². The maximum atomic E-state index is 15.0. The van der Waals surface area contributed by atoms with Crippen LogP contribution in [0.15, 0.2) is 31.1 Å². The normalized spacial score (nSPS) is 21.5. The number of carbonyl (C=O) groups excluding carboxylic acids is 2. The maximum Gasteiger partial charge on any atom is 0.270 e.